The van der Waals surface area contributed by atoms with Crippen molar-refractivity contribution in [1.29, 1.82) is 0 Å². The van der Waals surface area contributed by atoms with Crippen molar-refractivity contribution in [1.82, 2.24) is 15.3 Å². The van der Waals surface area contributed by atoms with Gasteiger partial charge in [0.2, 0.25) is 11.8 Å². The van der Waals surface area contributed by atoms with E-state index in [0.717, 1.165) is 18.9 Å². The number of nitrogens with one attached hydrogen (secondary N) is 2. The molecule has 1 atom stereocenters. The van der Waals surface area contributed by atoms with E-state index in [4.69, 9.17) is 17.0 Å². The van der Waals surface area contributed by atoms with Crippen molar-refractivity contribution in [3.05, 3.63) is 18.7 Å². The number of methoxy groups -OCH3 is 1. The number of hydrogen-bond donors (Lipinski definition) is 2. The van der Waals surface area contributed by atoms with Crippen LogP contribution in [0.25, 0.3) is 0 Å². The van der Waals surface area contributed by atoms with Crippen LogP contribution < -0.4 is 20.3 Å². The average molecular weight is 321 g/mol. The summed E-state index contributed by atoms with van der Waals surface area (Å²) < 4.78 is 5.28. The van der Waals surface area contributed by atoms with E-state index in [-0.39, 0.29) is 0 Å². The van der Waals surface area contributed by atoms with Crippen molar-refractivity contribution in [2.45, 2.75) is 19.8 Å². The third-order valence-electron chi connectivity index (χ3n) is 3.51. The van der Waals surface area contributed by atoms with E-state index in [1.165, 1.54) is 12.8 Å². The van der Waals surface area contributed by atoms with Crippen molar-refractivity contribution in [2.75, 3.05) is 37.0 Å². The maximum Gasteiger partial charge on any atom is 0.234 e. The molecule has 2 rings (SSSR count). The van der Waals surface area contributed by atoms with Gasteiger partial charge in [-0.1, -0.05) is 13.0 Å². The van der Waals surface area contributed by atoms with E-state index >= 15 is 0 Å². The van der Waals surface area contributed by atoms with Crippen LogP contribution in [0.5, 0.6) is 5.88 Å². The molecular formula is C15H23N5OS. The first-order chi connectivity index (χ1) is 10.6. The van der Waals surface area contributed by atoms with E-state index in [0.29, 0.717) is 29.4 Å². The van der Waals surface area contributed by atoms with Crippen LogP contribution in [0.3, 0.4) is 0 Å². The van der Waals surface area contributed by atoms with Crippen LogP contribution in [0.15, 0.2) is 18.7 Å². The van der Waals surface area contributed by atoms with Gasteiger partial charge in [-0.15, -0.1) is 6.58 Å². The molecule has 1 aromatic heterocycles. The highest BCUT2D eigenvalue weighted by molar-refractivity contribution is 7.80. The molecule has 0 aliphatic carbocycles. The van der Waals surface area contributed by atoms with Gasteiger partial charge >= 0.3 is 0 Å². The zero-order valence-electron chi connectivity index (χ0n) is 13.1. The van der Waals surface area contributed by atoms with Gasteiger partial charge in [0.15, 0.2) is 5.11 Å². The first kappa shape index (κ1) is 16.5. The summed E-state index contributed by atoms with van der Waals surface area (Å²) in [5.74, 6) is 2.50. The Morgan fingerprint density at radius 2 is 2.41 bits per heavy atom. The highest BCUT2D eigenvalue weighted by Crippen LogP contribution is 2.24. The Balaban J connectivity index is 2.14. The molecule has 1 aliphatic heterocycles. The number of nitrogens with zero attached hydrogens (tertiary/aromatic N) is 3. The average Bonchev–Trinajstić information content (AvgIpc) is 2.52. The standard InChI is InChI=1S/C15H23N5OS/c1-4-7-16-15(22)19-14-17-12(9-13(18-14)21-3)20-8-5-6-11(2)10-20/h4,9,11H,1,5-8,10H2,2-3H3,(H2,16,17,18,19,22). The summed E-state index contributed by atoms with van der Waals surface area (Å²) in [6.07, 6.45) is 4.18. The minimum absolute atomic E-state index is 0.439. The Morgan fingerprint density at radius 1 is 1.59 bits per heavy atom. The number of aromatic nitrogens is 2. The van der Waals surface area contributed by atoms with Crippen molar-refractivity contribution >= 4 is 29.1 Å². The third kappa shape index (κ3) is 4.56. The fourth-order valence-electron chi connectivity index (χ4n) is 2.44. The quantitative estimate of drug-likeness (QED) is 0.637. The third-order valence-corrected chi connectivity index (χ3v) is 3.76. The van der Waals surface area contributed by atoms with E-state index in [1.54, 1.807) is 13.2 Å². The van der Waals surface area contributed by atoms with Gasteiger partial charge < -0.3 is 20.3 Å². The monoisotopic (exact) mass is 321 g/mol. The minimum atomic E-state index is 0.439. The molecule has 1 unspecified atom stereocenters. The van der Waals surface area contributed by atoms with Gasteiger partial charge in [-0.05, 0) is 31.0 Å². The molecule has 22 heavy (non-hydrogen) atoms. The fraction of sp³-hybridized carbons (Fsp3) is 0.533. The summed E-state index contributed by atoms with van der Waals surface area (Å²) in [6, 6.07) is 1.86. The van der Waals surface area contributed by atoms with Crippen molar-refractivity contribution in [2.24, 2.45) is 5.92 Å². The molecule has 0 saturated carbocycles. The van der Waals surface area contributed by atoms with Crippen LogP contribution in [-0.2, 0) is 0 Å². The molecule has 1 aromatic rings. The summed E-state index contributed by atoms with van der Waals surface area (Å²) >= 11 is 5.20. The van der Waals surface area contributed by atoms with Crippen molar-refractivity contribution in [3.63, 3.8) is 0 Å². The zero-order valence-corrected chi connectivity index (χ0v) is 13.9. The number of ether oxygens (including phenoxy) is 1. The molecule has 2 heterocycles. The van der Waals surface area contributed by atoms with Crippen LogP contribution in [0.4, 0.5) is 11.8 Å². The number of anilines is 2. The van der Waals surface area contributed by atoms with E-state index in [9.17, 15) is 0 Å². The first-order valence-electron chi connectivity index (χ1n) is 7.46. The Morgan fingerprint density at radius 3 is 3.09 bits per heavy atom. The van der Waals surface area contributed by atoms with Crippen molar-refractivity contribution < 1.29 is 4.74 Å². The predicted molar refractivity (Wildman–Crippen MR) is 93.6 cm³/mol. The lowest BCUT2D eigenvalue weighted by atomic mass is 10.0. The molecule has 0 radical (unpaired) electrons. The van der Waals surface area contributed by atoms with Gasteiger partial charge in [0, 0.05) is 25.7 Å². The molecule has 0 aromatic carbocycles. The molecule has 1 fully saturated rings. The molecule has 2 N–H and O–H groups in total. The Hall–Kier alpha value is -1.89. The molecule has 0 amide bonds. The topological polar surface area (TPSA) is 62.3 Å². The molecular weight excluding hydrogens is 298 g/mol. The predicted octanol–water partition coefficient (Wildman–Crippen LogP) is 2.19. The van der Waals surface area contributed by atoms with Crippen LogP contribution in [0.2, 0.25) is 0 Å². The smallest absolute Gasteiger partial charge is 0.234 e. The number of thiocarbonyl (C=S) groups is 1. The molecule has 1 saturated heterocycles. The van der Waals surface area contributed by atoms with E-state index < -0.39 is 0 Å². The van der Waals surface area contributed by atoms with Crippen LogP contribution in [0, 0.1) is 5.92 Å². The van der Waals surface area contributed by atoms with E-state index in [1.807, 2.05) is 6.07 Å². The lowest BCUT2D eigenvalue weighted by molar-refractivity contribution is 0.396. The van der Waals surface area contributed by atoms with E-state index in [2.05, 4.69) is 39.0 Å². The van der Waals surface area contributed by atoms with Gasteiger partial charge in [-0.3, -0.25) is 0 Å². The second-order valence-corrected chi connectivity index (χ2v) is 5.82. The lowest BCUT2D eigenvalue weighted by Crippen LogP contribution is -2.35. The largest absolute Gasteiger partial charge is 0.481 e. The minimum Gasteiger partial charge on any atom is -0.481 e. The molecule has 0 spiro atoms. The SMILES string of the molecule is C=CCNC(=S)Nc1nc(OC)cc(N2CCCC(C)C2)n1. The first-order valence-corrected chi connectivity index (χ1v) is 7.87. The number of hydrogen-bond acceptors (Lipinski definition) is 5. The highest BCUT2D eigenvalue weighted by Gasteiger charge is 2.19. The van der Waals surface area contributed by atoms with Gasteiger partial charge in [-0.25, -0.2) is 0 Å². The van der Waals surface area contributed by atoms with Gasteiger partial charge in [0.05, 0.1) is 7.11 Å². The van der Waals surface area contributed by atoms with Crippen molar-refractivity contribution in [3.8, 4) is 5.88 Å². The van der Waals surface area contributed by atoms with Crippen LogP contribution in [0.1, 0.15) is 19.8 Å². The number of piperidine rings is 1. The Kier molecular flexibility index (Phi) is 5.94. The van der Waals surface area contributed by atoms with Crippen LogP contribution in [-0.4, -0.2) is 41.8 Å². The second-order valence-electron chi connectivity index (χ2n) is 5.41. The molecule has 0 bridgehead atoms. The fourth-order valence-corrected chi connectivity index (χ4v) is 2.62. The van der Waals surface area contributed by atoms with Gasteiger partial charge in [0.25, 0.3) is 0 Å². The van der Waals surface area contributed by atoms with Gasteiger partial charge in [-0.2, -0.15) is 9.97 Å². The van der Waals surface area contributed by atoms with Crippen LogP contribution >= 0.6 is 12.2 Å². The number of rotatable bonds is 5. The summed E-state index contributed by atoms with van der Waals surface area (Å²) in [5, 5.41) is 6.44. The van der Waals surface area contributed by atoms with Gasteiger partial charge in [0.1, 0.15) is 5.82 Å². The maximum atomic E-state index is 5.28. The second kappa shape index (κ2) is 7.93. The molecule has 6 nitrogen and oxygen atoms in total. The normalized spacial score (nSPS) is 17.7. The Bertz CT molecular complexity index is 537. The lowest BCUT2D eigenvalue weighted by Gasteiger charge is -2.32. The molecule has 120 valence electrons. The summed E-state index contributed by atoms with van der Waals surface area (Å²) in [7, 11) is 1.60. The summed E-state index contributed by atoms with van der Waals surface area (Å²) in [4.78, 5) is 11.1. The highest BCUT2D eigenvalue weighted by atomic mass is 32.1. The Labute approximate surface area is 137 Å². The summed E-state index contributed by atoms with van der Waals surface area (Å²) in [5.41, 5.74) is 0. The molecule has 1 aliphatic rings. The zero-order chi connectivity index (χ0) is 15.9. The molecule has 7 heteroatoms. The maximum absolute atomic E-state index is 5.28. The summed E-state index contributed by atoms with van der Waals surface area (Å²) in [6.45, 7) is 8.50.